The minimum atomic E-state index is 0.215. The highest BCUT2D eigenvalue weighted by atomic mass is 15.1. The van der Waals surface area contributed by atoms with Crippen molar-refractivity contribution in [3.8, 4) is 0 Å². The van der Waals surface area contributed by atoms with Gasteiger partial charge in [-0.2, -0.15) is 0 Å². The van der Waals surface area contributed by atoms with E-state index < -0.39 is 0 Å². The molecule has 16 heavy (non-hydrogen) atoms. The molecule has 3 nitrogen and oxygen atoms in total. The van der Waals surface area contributed by atoms with Gasteiger partial charge < -0.3 is 10.6 Å². The van der Waals surface area contributed by atoms with Crippen molar-refractivity contribution in [3.05, 3.63) is 0 Å². The molecule has 0 aromatic carbocycles. The van der Waals surface area contributed by atoms with Crippen molar-refractivity contribution in [3.63, 3.8) is 0 Å². The molecule has 0 unspecified atom stereocenters. The zero-order valence-electron chi connectivity index (χ0n) is 11.3. The Morgan fingerprint density at radius 3 is 2.38 bits per heavy atom. The number of nitrogens with zero attached hydrogens (tertiary/aromatic N) is 2. The van der Waals surface area contributed by atoms with E-state index in [9.17, 15) is 0 Å². The first-order valence-corrected chi connectivity index (χ1v) is 6.35. The van der Waals surface area contributed by atoms with Crippen LogP contribution in [0.15, 0.2) is 4.99 Å². The maximum atomic E-state index is 6.05. The minimum Gasteiger partial charge on any atom is -0.387 e. The number of hydrogen-bond acceptors (Lipinski definition) is 2. The Kier molecular flexibility index (Phi) is 4.78. The summed E-state index contributed by atoms with van der Waals surface area (Å²) in [5, 5.41) is 0. The van der Waals surface area contributed by atoms with E-state index in [1.165, 1.54) is 25.7 Å². The molecule has 94 valence electrons. The number of rotatable bonds is 5. The maximum Gasteiger partial charge on any atom is 0.0968 e. The van der Waals surface area contributed by atoms with Gasteiger partial charge in [0.05, 0.1) is 5.84 Å². The SMILES string of the molecule is CN(C)CC(C)(C)CN=C(N)C1CCCC1. The molecular formula is C13H27N3. The average molecular weight is 225 g/mol. The Morgan fingerprint density at radius 2 is 1.88 bits per heavy atom. The lowest BCUT2D eigenvalue weighted by Gasteiger charge is -2.26. The highest BCUT2D eigenvalue weighted by Crippen LogP contribution is 2.25. The summed E-state index contributed by atoms with van der Waals surface area (Å²) in [5.41, 5.74) is 6.27. The molecule has 3 heteroatoms. The first-order chi connectivity index (χ1) is 7.41. The van der Waals surface area contributed by atoms with Crippen LogP contribution in [0.25, 0.3) is 0 Å². The predicted molar refractivity (Wildman–Crippen MR) is 70.8 cm³/mol. The second kappa shape index (κ2) is 5.67. The van der Waals surface area contributed by atoms with Gasteiger partial charge in [-0.15, -0.1) is 0 Å². The van der Waals surface area contributed by atoms with Crippen molar-refractivity contribution in [2.75, 3.05) is 27.2 Å². The molecule has 1 aliphatic carbocycles. The first-order valence-electron chi connectivity index (χ1n) is 6.35. The highest BCUT2D eigenvalue weighted by molar-refractivity contribution is 5.83. The van der Waals surface area contributed by atoms with Gasteiger partial charge in [-0.3, -0.25) is 4.99 Å². The zero-order valence-corrected chi connectivity index (χ0v) is 11.3. The summed E-state index contributed by atoms with van der Waals surface area (Å²) in [6.07, 6.45) is 5.12. The molecule has 1 fully saturated rings. The largest absolute Gasteiger partial charge is 0.387 e. The van der Waals surface area contributed by atoms with E-state index in [-0.39, 0.29) is 5.41 Å². The second-order valence-electron chi connectivity index (χ2n) is 6.12. The molecule has 1 saturated carbocycles. The summed E-state index contributed by atoms with van der Waals surface area (Å²) < 4.78 is 0. The van der Waals surface area contributed by atoms with Gasteiger partial charge in [-0.1, -0.05) is 26.7 Å². The van der Waals surface area contributed by atoms with Crippen LogP contribution in [-0.4, -0.2) is 37.9 Å². The molecule has 1 rings (SSSR count). The van der Waals surface area contributed by atoms with Crippen LogP contribution in [0.1, 0.15) is 39.5 Å². The first kappa shape index (κ1) is 13.5. The molecule has 0 heterocycles. The van der Waals surface area contributed by atoms with E-state index in [2.05, 4.69) is 37.8 Å². The molecule has 0 spiro atoms. The monoisotopic (exact) mass is 225 g/mol. The van der Waals surface area contributed by atoms with Crippen LogP contribution in [-0.2, 0) is 0 Å². The lowest BCUT2D eigenvalue weighted by atomic mass is 9.93. The van der Waals surface area contributed by atoms with Gasteiger partial charge in [-0.25, -0.2) is 0 Å². The molecule has 0 bridgehead atoms. The standard InChI is InChI=1S/C13H27N3/c1-13(2,10-16(3)4)9-15-12(14)11-7-5-6-8-11/h11H,5-10H2,1-4H3,(H2,14,15). The van der Waals surface area contributed by atoms with E-state index >= 15 is 0 Å². The van der Waals surface area contributed by atoms with Gasteiger partial charge in [0, 0.05) is 19.0 Å². The van der Waals surface area contributed by atoms with Crippen LogP contribution in [0.2, 0.25) is 0 Å². The van der Waals surface area contributed by atoms with Crippen molar-refractivity contribution in [2.24, 2.45) is 22.1 Å². The van der Waals surface area contributed by atoms with Crippen LogP contribution < -0.4 is 5.73 Å². The van der Waals surface area contributed by atoms with Crippen molar-refractivity contribution in [1.82, 2.24) is 4.90 Å². The number of hydrogen-bond donors (Lipinski definition) is 1. The zero-order chi connectivity index (χ0) is 12.2. The summed E-state index contributed by atoms with van der Waals surface area (Å²) in [6, 6.07) is 0. The smallest absolute Gasteiger partial charge is 0.0968 e. The van der Waals surface area contributed by atoms with Crippen LogP contribution in [0, 0.1) is 11.3 Å². The van der Waals surface area contributed by atoms with Gasteiger partial charge in [0.15, 0.2) is 0 Å². The third-order valence-electron chi connectivity index (χ3n) is 3.21. The summed E-state index contributed by atoms with van der Waals surface area (Å²) >= 11 is 0. The fourth-order valence-electron chi connectivity index (χ4n) is 2.56. The normalized spacial score (nSPS) is 19.7. The fraction of sp³-hybridized carbons (Fsp3) is 0.923. The number of amidine groups is 1. The Hall–Kier alpha value is -0.570. The molecule has 0 amide bonds. The lowest BCUT2D eigenvalue weighted by Crippen LogP contribution is -2.32. The Morgan fingerprint density at radius 1 is 1.31 bits per heavy atom. The quantitative estimate of drug-likeness (QED) is 0.575. The minimum absolute atomic E-state index is 0.215. The van der Waals surface area contributed by atoms with E-state index in [1.54, 1.807) is 0 Å². The third-order valence-corrected chi connectivity index (χ3v) is 3.21. The van der Waals surface area contributed by atoms with Gasteiger partial charge in [0.2, 0.25) is 0 Å². The Balaban J connectivity index is 2.44. The van der Waals surface area contributed by atoms with E-state index in [4.69, 9.17) is 5.73 Å². The summed E-state index contributed by atoms with van der Waals surface area (Å²) in [5.74, 6) is 1.46. The van der Waals surface area contributed by atoms with Crippen molar-refractivity contribution in [2.45, 2.75) is 39.5 Å². The number of aliphatic imine (C=N–C) groups is 1. The van der Waals surface area contributed by atoms with Crippen molar-refractivity contribution in [1.29, 1.82) is 0 Å². The van der Waals surface area contributed by atoms with Gasteiger partial charge in [0.1, 0.15) is 0 Å². The van der Waals surface area contributed by atoms with Crippen LogP contribution in [0.5, 0.6) is 0 Å². The molecule has 0 aromatic heterocycles. The summed E-state index contributed by atoms with van der Waals surface area (Å²) in [7, 11) is 4.21. The molecule has 0 aliphatic heterocycles. The van der Waals surface area contributed by atoms with Crippen molar-refractivity contribution < 1.29 is 0 Å². The molecular weight excluding hydrogens is 198 g/mol. The predicted octanol–water partition coefficient (Wildman–Crippen LogP) is 2.12. The molecule has 0 aromatic rings. The molecule has 2 N–H and O–H groups in total. The summed E-state index contributed by atoms with van der Waals surface area (Å²) in [6.45, 7) is 6.39. The fourth-order valence-corrected chi connectivity index (χ4v) is 2.56. The topological polar surface area (TPSA) is 41.6 Å². The molecule has 0 saturated heterocycles. The summed E-state index contributed by atoms with van der Waals surface area (Å²) in [4.78, 5) is 6.81. The second-order valence-corrected chi connectivity index (χ2v) is 6.12. The Labute approximate surface area is 100 Å². The van der Waals surface area contributed by atoms with Crippen LogP contribution in [0.3, 0.4) is 0 Å². The number of nitrogens with two attached hydrogens (primary N) is 1. The van der Waals surface area contributed by atoms with E-state index in [0.717, 1.165) is 18.9 Å². The lowest BCUT2D eigenvalue weighted by molar-refractivity contribution is 0.248. The van der Waals surface area contributed by atoms with E-state index in [0.29, 0.717) is 5.92 Å². The molecule has 0 radical (unpaired) electrons. The van der Waals surface area contributed by atoms with Crippen LogP contribution in [0.4, 0.5) is 0 Å². The third kappa shape index (κ3) is 4.52. The van der Waals surface area contributed by atoms with Gasteiger partial charge in [-0.05, 0) is 32.4 Å². The Bertz CT molecular complexity index is 238. The van der Waals surface area contributed by atoms with Gasteiger partial charge in [0.25, 0.3) is 0 Å². The van der Waals surface area contributed by atoms with E-state index in [1.807, 2.05) is 0 Å². The van der Waals surface area contributed by atoms with Crippen LogP contribution >= 0.6 is 0 Å². The van der Waals surface area contributed by atoms with Gasteiger partial charge >= 0.3 is 0 Å². The molecule has 0 atom stereocenters. The van der Waals surface area contributed by atoms with Crippen molar-refractivity contribution >= 4 is 5.84 Å². The maximum absolute atomic E-state index is 6.05. The molecule has 1 aliphatic rings. The average Bonchev–Trinajstić information content (AvgIpc) is 2.64. The highest BCUT2D eigenvalue weighted by Gasteiger charge is 2.21.